The van der Waals surface area contributed by atoms with E-state index in [4.69, 9.17) is 14.5 Å². The molecule has 5 nitrogen and oxygen atoms in total. The van der Waals surface area contributed by atoms with Crippen molar-refractivity contribution < 1.29 is 14.3 Å². The normalized spacial score (nSPS) is 12.8. The maximum Gasteiger partial charge on any atom is 0.308 e. The molecule has 1 aliphatic rings. The largest absolute Gasteiger partial charge is 0.450 e. The minimum absolute atomic E-state index is 0.385. The Hall–Kier alpha value is -4.38. The number of rotatable bonds is 3. The summed E-state index contributed by atoms with van der Waals surface area (Å²) >= 11 is 0. The number of nitrogens with zero attached hydrogens (tertiary/aromatic N) is 2. The van der Waals surface area contributed by atoms with Crippen LogP contribution in [0.4, 0.5) is 0 Å². The number of pyridine rings is 1. The van der Waals surface area contributed by atoms with Crippen LogP contribution in [0.25, 0.3) is 38.9 Å². The lowest BCUT2D eigenvalue weighted by Crippen LogP contribution is -2.07. The van der Waals surface area contributed by atoms with Gasteiger partial charge < -0.3 is 14.0 Å². The second-order valence-electron chi connectivity index (χ2n) is 8.32. The van der Waals surface area contributed by atoms with Gasteiger partial charge in [0.2, 0.25) is 0 Å². The van der Waals surface area contributed by atoms with Crippen LogP contribution in [0.5, 0.6) is 5.75 Å². The Balaban J connectivity index is 1.71. The highest BCUT2D eigenvalue weighted by molar-refractivity contribution is 6.00. The van der Waals surface area contributed by atoms with Crippen molar-refractivity contribution in [1.29, 1.82) is 0 Å². The van der Waals surface area contributed by atoms with Crippen molar-refractivity contribution in [3.63, 3.8) is 0 Å². The van der Waals surface area contributed by atoms with Crippen LogP contribution in [0.2, 0.25) is 0 Å². The fourth-order valence-corrected chi connectivity index (χ4v) is 4.54. The molecule has 1 aliphatic heterocycles. The summed E-state index contributed by atoms with van der Waals surface area (Å²) in [6.45, 7) is 3.48. The van der Waals surface area contributed by atoms with E-state index in [1.165, 1.54) is 6.92 Å². The van der Waals surface area contributed by atoms with Crippen LogP contribution < -0.4 is 4.74 Å². The molecule has 3 aromatic carbocycles. The molecule has 6 rings (SSSR count). The Morgan fingerprint density at radius 1 is 0.971 bits per heavy atom. The summed E-state index contributed by atoms with van der Waals surface area (Å²) in [6, 6.07) is 26.2. The lowest BCUT2D eigenvalue weighted by molar-refractivity contribution is -0.134. The molecular formula is C29H22N2O3. The first kappa shape index (κ1) is 20.2. The minimum atomic E-state index is -0.408. The van der Waals surface area contributed by atoms with Crippen molar-refractivity contribution in [2.45, 2.75) is 20.3 Å². The van der Waals surface area contributed by atoms with E-state index in [1.54, 1.807) is 0 Å². The molecule has 0 aliphatic carbocycles. The van der Waals surface area contributed by atoms with Gasteiger partial charge in [0.15, 0.2) is 17.3 Å². The number of fused-ring (bicyclic) bond motifs is 5. The van der Waals surface area contributed by atoms with Crippen LogP contribution in [-0.4, -0.2) is 15.5 Å². The van der Waals surface area contributed by atoms with E-state index in [0.717, 1.165) is 50.7 Å². The molecule has 2 aromatic heterocycles. The quantitative estimate of drug-likeness (QED) is 0.296. The highest BCUT2D eigenvalue weighted by Crippen LogP contribution is 2.42. The van der Waals surface area contributed by atoms with Crippen molar-refractivity contribution in [2.24, 2.45) is 0 Å². The van der Waals surface area contributed by atoms with Crippen molar-refractivity contribution in [2.75, 3.05) is 0 Å². The monoisotopic (exact) mass is 446 g/mol. The number of aromatic nitrogens is 2. The average Bonchev–Trinajstić information content (AvgIpc) is 3.30. The van der Waals surface area contributed by atoms with Crippen LogP contribution >= 0.6 is 0 Å². The third-order valence-electron chi connectivity index (χ3n) is 6.11. The number of ether oxygens (including phenoxy) is 2. The molecule has 3 heterocycles. The third kappa shape index (κ3) is 3.25. The Morgan fingerprint density at radius 3 is 2.53 bits per heavy atom. The Bertz CT molecular complexity index is 1630. The third-order valence-corrected chi connectivity index (χ3v) is 6.11. The fraction of sp³-hybridized carbons (Fsp3) is 0.103. The SMILES string of the molecule is CCc1cc(C2=C(OC(C)=O)c3cccn3-c3cc4ccccc4cc3O2)c2ccccc2n1. The smallest absolute Gasteiger partial charge is 0.308 e. The molecule has 0 atom stereocenters. The Kier molecular flexibility index (Phi) is 4.69. The van der Waals surface area contributed by atoms with E-state index in [0.29, 0.717) is 17.3 Å². The van der Waals surface area contributed by atoms with E-state index in [1.807, 2.05) is 71.4 Å². The van der Waals surface area contributed by atoms with Crippen molar-refractivity contribution in [3.8, 4) is 11.4 Å². The lowest BCUT2D eigenvalue weighted by atomic mass is 10.0. The molecule has 0 saturated carbocycles. The number of para-hydroxylation sites is 1. The van der Waals surface area contributed by atoms with E-state index >= 15 is 0 Å². The van der Waals surface area contributed by atoms with Gasteiger partial charge in [-0.05, 0) is 53.6 Å². The molecule has 0 spiro atoms. The molecule has 0 amide bonds. The summed E-state index contributed by atoms with van der Waals surface area (Å²) in [6.07, 6.45) is 2.73. The topological polar surface area (TPSA) is 53.4 Å². The zero-order chi connectivity index (χ0) is 23.2. The van der Waals surface area contributed by atoms with Gasteiger partial charge in [-0.25, -0.2) is 0 Å². The van der Waals surface area contributed by atoms with Gasteiger partial charge >= 0.3 is 5.97 Å². The lowest BCUT2D eigenvalue weighted by Gasteiger charge is -2.16. The van der Waals surface area contributed by atoms with E-state index in [-0.39, 0.29) is 0 Å². The molecule has 0 fully saturated rings. The number of benzene rings is 3. The van der Waals surface area contributed by atoms with E-state index < -0.39 is 5.97 Å². The molecule has 0 bridgehead atoms. The molecule has 5 heteroatoms. The highest BCUT2D eigenvalue weighted by Gasteiger charge is 2.28. The molecule has 0 saturated heterocycles. The number of carbonyl (C=O) groups excluding carboxylic acids is 1. The van der Waals surface area contributed by atoms with Gasteiger partial charge in [0.1, 0.15) is 0 Å². The van der Waals surface area contributed by atoms with Crippen molar-refractivity contribution in [3.05, 3.63) is 102 Å². The van der Waals surface area contributed by atoms with Crippen LogP contribution in [0.15, 0.2) is 85.1 Å². The predicted octanol–water partition coefficient (Wildman–Crippen LogP) is 6.52. The first-order valence-corrected chi connectivity index (χ1v) is 11.3. The number of hydrogen-bond acceptors (Lipinski definition) is 4. The average molecular weight is 447 g/mol. The van der Waals surface area contributed by atoms with Gasteiger partial charge in [-0.2, -0.15) is 0 Å². The van der Waals surface area contributed by atoms with Gasteiger partial charge in [-0.3, -0.25) is 9.78 Å². The summed E-state index contributed by atoms with van der Waals surface area (Å²) < 4.78 is 14.5. The van der Waals surface area contributed by atoms with Gasteiger partial charge in [-0.1, -0.05) is 49.4 Å². The maximum atomic E-state index is 12.2. The Labute approximate surface area is 196 Å². The number of hydrogen-bond donors (Lipinski definition) is 0. The maximum absolute atomic E-state index is 12.2. The molecular weight excluding hydrogens is 424 g/mol. The van der Waals surface area contributed by atoms with Gasteiger partial charge in [0.05, 0.1) is 16.9 Å². The summed E-state index contributed by atoms with van der Waals surface area (Å²) in [5.41, 5.74) is 4.27. The van der Waals surface area contributed by atoms with E-state index in [2.05, 4.69) is 25.1 Å². The summed E-state index contributed by atoms with van der Waals surface area (Å²) in [7, 11) is 0. The standard InChI is InChI=1S/C29H22N2O3/c1-3-21-17-23(22-11-6-7-12-24(22)30-21)28-29(33-18(2)32)25-13-8-14-31(25)26-15-19-9-4-5-10-20(19)16-27(26)34-28/h4-17H,3H2,1-2H3. The number of esters is 1. The highest BCUT2D eigenvalue weighted by atomic mass is 16.6. The minimum Gasteiger partial charge on any atom is -0.450 e. The van der Waals surface area contributed by atoms with Crippen LogP contribution in [0.1, 0.15) is 30.8 Å². The second-order valence-corrected chi connectivity index (χ2v) is 8.32. The molecule has 166 valence electrons. The fourth-order valence-electron chi connectivity index (χ4n) is 4.54. The van der Waals surface area contributed by atoms with Gasteiger partial charge in [-0.15, -0.1) is 0 Å². The first-order chi connectivity index (χ1) is 16.6. The Morgan fingerprint density at radius 2 is 1.74 bits per heavy atom. The summed E-state index contributed by atoms with van der Waals surface area (Å²) in [5.74, 6) is 1.16. The number of carbonyl (C=O) groups is 1. The zero-order valence-electron chi connectivity index (χ0n) is 18.9. The molecule has 0 radical (unpaired) electrons. The predicted molar refractivity (Wildman–Crippen MR) is 134 cm³/mol. The van der Waals surface area contributed by atoms with Gasteiger partial charge in [0.25, 0.3) is 0 Å². The molecule has 5 aromatic rings. The van der Waals surface area contributed by atoms with Crippen molar-refractivity contribution in [1.82, 2.24) is 9.55 Å². The molecule has 0 N–H and O–H groups in total. The van der Waals surface area contributed by atoms with Gasteiger partial charge in [0, 0.05) is 29.8 Å². The molecule has 34 heavy (non-hydrogen) atoms. The molecule has 0 unspecified atom stereocenters. The van der Waals surface area contributed by atoms with Crippen LogP contribution in [-0.2, 0) is 16.0 Å². The van der Waals surface area contributed by atoms with Crippen LogP contribution in [0, 0.1) is 0 Å². The summed E-state index contributed by atoms with van der Waals surface area (Å²) in [4.78, 5) is 17.0. The zero-order valence-corrected chi connectivity index (χ0v) is 18.9. The van der Waals surface area contributed by atoms with E-state index in [9.17, 15) is 4.79 Å². The van der Waals surface area contributed by atoms with Crippen LogP contribution in [0.3, 0.4) is 0 Å². The first-order valence-electron chi connectivity index (χ1n) is 11.3. The summed E-state index contributed by atoms with van der Waals surface area (Å²) in [5, 5.41) is 3.10. The second kappa shape index (κ2) is 7.89. The number of aryl methyl sites for hydroxylation is 1. The van der Waals surface area contributed by atoms with Crippen molar-refractivity contribution >= 4 is 39.2 Å².